The number of fused-ring (bicyclic) bond motifs is 1. The summed E-state index contributed by atoms with van der Waals surface area (Å²) in [6, 6.07) is 11.9. The van der Waals surface area contributed by atoms with Crippen molar-refractivity contribution in [3.8, 4) is 11.5 Å². The summed E-state index contributed by atoms with van der Waals surface area (Å²) in [4.78, 5) is 14.7. The van der Waals surface area contributed by atoms with E-state index in [0.29, 0.717) is 12.3 Å². The van der Waals surface area contributed by atoms with Crippen LogP contribution >= 0.6 is 0 Å². The maximum absolute atomic E-state index is 12.8. The van der Waals surface area contributed by atoms with Crippen LogP contribution in [0.3, 0.4) is 0 Å². The Morgan fingerprint density at radius 3 is 2.25 bits per heavy atom. The molecular weight excluding hydrogens is 302 g/mol. The first-order valence-electron chi connectivity index (χ1n) is 8.28. The summed E-state index contributed by atoms with van der Waals surface area (Å²) in [7, 11) is 3.27. The zero-order valence-electron chi connectivity index (χ0n) is 14.5. The van der Waals surface area contributed by atoms with Gasteiger partial charge in [-0.1, -0.05) is 19.1 Å². The van der Waals surface area contributed by atoms with Crippen LogP contribution in [0.25, 0.3) is 0 Å². The van der Waals surface area contributed by atoms with Gasteiger partial charge in [0.25, 0.3) is 5.91 Å². The molecule has 3 rings (SSSR count). The zero-order chi connectivity index (χ0) is 17.1. The SMILES string of the molecule is CCc1ccc(C(=O)N2CCc3cc(OC)c(OC)cc3C2)cc1. The van der Waals surface area contributed by atoms with Gasteiger partial charge in [-0.2, -0.15) is 0 Å². The maximum atomic E-state index is 12.8. The highest BCUT2D eigenvalue weighted by atomic mass is 16.5. The van der Waals surface area contributed by atoms with Crippen LogP contribution in [0, 0.1) is 0 Å². The Kier molecular flexibility index (Phi) is 4.74. The molecule has 126 valence electrons. The fraction of sp³-hybridized carbons (Fsp3) is 0.350. The molecule has 0 bridgehead atoms. The Hall–Kier alpha value is -2.49. The van der Waals surface area contributed by atoms with E-state index in [4.69, 9.17) is 9.47 Å². The molecule has 1 aliphatic rings. The normalized spacial score (nSPS) is 13.4. The van der Waals surface area contributed by atoms with Crippen LogP contribution < -0.4 is 9.47 Å². The van der Waals surface area contributed by atoms with E-state index < -0.39 is 0 Å². The van der Waals surface area contributed by atoms with Gasteiger partial charge >= 0.3 is 0 Å². The van der Waals surface area contributed by atoms with Crippen molar-refractivity contribution in [2.24, 2.45) is 0 Å². The van der Waals surface area contributed by atoms with Crippen molar-refractivity contribution >= 4 is 5.91 Å². The van der Waals surface area contributed by atoms with Crippen LogP contribution in [0.15, 0.2) is 36.4 Å². The number of hydrogen-bond donors (Lipinski definition) is 0. The van der Waals surface area contributed by atoms with Gasteiger partial charge in [-0.05, 0) is 53.8 Å². The number of aryl methyl sites for hydroxylation is 1. The van der Waals surface area contributed by atoms with Crippen molar-refractivity contribution in [3.63, 3.8) is 0 Å². The summed E-state index contributed by atoms with van der Waals surface area (Å²) in [6.07, 6.45) is 1.81. The standard InChI is InChI=1S/C20H23NO3/c1-4-14-5-7-15(8-6-14)20(22)21-10-9-16-11-18(23-2)19(24-3)12-17(16)13-21/h5-8,11-12H,4,9-10,13H2,1-3H3. The first-order valence-corrected chi connectivity index (χ1v) is 8.28. The molecule has 0 N–H and O–H groups in total. The molecule has 0 atom stereocenters. The number of amides is 1. The van der Waals surface area contributed by atoms with Crippen molar-refractivity contribution in [3.05, 3.63) is 58.7 Å². The third kappa shape index (κ3) is 3.09. The van der Waals surface area contributed by atoms with Gasteiger partial charge in [0.15, 0.2) is 11.5 Å². The number of hydrogen-bond acceptors (Lipinski definition) is 3. The minimum Gasteiger partial charge on any atom is -0.493 e. The van der Waals surface area contributed by atoms with Crippen molar-refractivity contribution in [1.82, 2.24) is 4.90 Å². The highest BCUT2D eigenvalue weighted by Gasteiger charge is 2.23. The predicted molar refractivity (Wildman–Crippen MR) is 93.8 cm³/mol. The number of carbonyl (C=O) groups excluding carboxylic acids is 1. The molecule has 0 saturated heterocycles. The fourth-order valence-corrected chi connectivity index (χ4v) is 3.12. The van der Waals surface area contributed by atoms with E-state index in [2.05, 4.69) is 6.92 Å². The molecule has 24 heavy (non-hydrogen) atoms. The van der Waals surface area contributed by atoms with Crippen molar-refractivity contribution < 1.29 is 14.3 Å². The lowest BCUT2D eigenvalue weighted by Gasteiger charge is -2.29. The smallest absolute Gasteiger partial charge is 0.254 e. The minimum atomic E-state index is 0.0816. The van der Waals surface area contributed by atoms with E-state index in [-0.39, 0.29) is 5.91 Å². The van der Waals surface area contributed by atoms with Gasteiger partial charge in [0.2, 0.25) is 0 Å². The molecule has 1 amide bonds. The first-order chi connectivity index (χ1) is 11.7. The molecular formula is C20H23NO3. The third-order valence-electron chi connectivity index (χ3n) is 4.61. The van der Waals surface area contributed by atoms with Crippen LogP contribution in [-0.4, -0.2) is 31.6 Å². The third-order valence-corrected chi connectivity index (χ3v) is 4.61. The Labute approximate surface area is 143 Å². The average molecular weight is 325 g/mol. The summed E-state index contributed by atoms with van der Waals surface area (Å²) in [5.74, 6) is 1.53. The predicted octanol–water partition coefficient (Wildman–Crippen LogP) is 3.46. The van der Waals surface area contributed by atoms with E-state index in [0.717, 1.165) is 36.3 Å². The molecule has 0 unspecified atom stereocenters. The maximum Gasteiger partial charge on any atom is 0.254 e. The second-order valence-corrected chi connectivity index (χ2v) is 6.00. The van der Waals surface area contributed by atoms with E-state index in [1.54, 1.807) is 14.2 Å². The number of benzene rings is 2. The largest absolute Gasteiger partial charge is 0.493 e. The Morgan fingerprint density at radius 1 is 1.04 bits per heavy atom. The topological polar surface area (TPSA) is 38.8 Å². The summed E-state index contributed by atoms with van der Waals surface area (Å²) >= 11 is 0. The summed E-state index contributed by atoms with van der Waals surface area (Å²) < 4.78 is 10.7. The molecule has 0 fully saturated rings. The molecule has 4 heteroatoms. The Bertz CT molecular complexity index is 737. The molecule has 1 aliphatic heterocycles. The number of methoxy groups -OCH3 is 2. The molecule has 0 radical (unpaired) electrons. The van der Waals surface area contributed by atoms with Gasteiger partial charge in [0, 0.05) is 18.7 Å². The van der Waals surface area contributed by atoms with Crippen molar-refractivity contribution in [2.45, 2.75) is 26.3 Å². The van der Waals surface area contributed by atoms with E-state index in [1.165, 1.54) is 11.1 Å². The minimum absolute atomic E-state index is 0.0816. The van der Waals surface area contributed by atoms with Gasteiger partial charge in [0.05, 0.1) is 14.2 Å². The van der Waals surface area contributed by atoms with Crippen LogP contribution in [0.1, 0.15) is 34.0 Å². The summed E-state index contributed by atoms with van der Waals surface area (Å²) in [5, 5.41) is 0. The lowest BCUT2D eigenvalue weighted by molar-refractivity contribution is 0.0734. The first kappa shape index (κ1) is 16.4. The lowest BCUT2D eigenvalue weighted by atomic mass is 9.98. The quantitative estimate of drug-likeness (QED) is 0.864. The number of rotatable bonds is 4. The summed E-state index contributed by atoms with van der Waals surface area (Å²) in [5.41, 5.74) is 4.33. The molecule has 0 aromatic heterocycles. The van der Waals surface area contributed by atoms with Crippen LogP contribution in [-0.2, 0) is 19.4 Å². The molecule has 2 aromatic rings. The van der Waals surface area contributed by atoms with Gasteiger partial charge in [-0.15, -0.1) is 0 Å². The van der Waals surface area contributed by atoms with Gasteiger partial charge in [0.1, 0.15) is 0 Å². The molecule has 4 nitrogen and oxygen atoms in total. The van der Waals surface area contributed by atoms with Crippen LogP contribution in [0.2, 0.25) is 0 Å². The number of carbonyl (C=O) groups is 1. The lowest BCUT2D eigenvalue weighted by Crippen LogP contribution is -2.36. The van der Waals surface area contributed by atoms with Gasteiger partial charge in [-0.3, -0.25) is 4.79 Å². The summed E-state index contributed by atoms with van der Waals surface area (Å²) in [6.45, 7) is 3.43. The highest BCUT2D eigenvalue weighted by molar-refractivity contribution is 5.94. The van der Waals surface area contributed by atoms with Crippen molar-refractivity contribution in [1.29, 1.82) is 0 Å². The number of nitrogens with zero attached hydrogens (tertiary/aromatic N) is 1. The van der Waals surface area contributed by atoms with Gasteiger partial charge in [-0.25, -0.2) is 0 Å². The van der Waals surface area contributed by atoms with E-state index in [1.807, 2.05) is 41.3 Å². The van der Waals surface area contributed by atoms with Crippen molar-refractivity contribution in [2.75, 3.05) is 20.8 Å². The van der Waals surface area contributed by atoms with E-state index >= 15 is 0 Å². The Morgan fingerprint density at radius 2 is 1.67 bits per heavy atom. The Balaban J connectivity index is 1.82. The van der Waals surface area contributed by atoms with Gasteiger partial charge < -0.3 is 14.4 Å². The zero-order valence-corrected chi connectivity index (χ0v) is 14.5. The second-order valence-electron chi connectivity index (χ2n) is 6.00. The second kappa shape index (κ2) is 6.95. The molecule has 1 heterocycles. The van der Waals surface area contributed by atoms with Crippen LogP contribution in [0.5, 0.6) is 11.5 Å². The van der Waals surface area contributed by atoms with E-state index in [9.17, 15) is 4.79 Å². The van der Waals surface area contributed by atoms with Crippen LogP contribution in [0.4, 0.5) is 0 Å². The average Bonchev–Trinajstić information content (AvgIpc) is 2.65. The number of ether oxygens (including phenoxy) is 2. The molecule has 0 spiro atoms. The molecule has 0 saturated carbocycles. The molecule has 0 aliphatic carbocycles. The highest BCUT2D eigenvalue weighted by Crippen LogP contribution is 2.33. The molecule has 2 aromatic carbocycles. The monoisotopic (exact) mass is 325 g/mol. The fourth-order valence-electron chi connectivity index (χ4n) is 3.12.